The number of nitro benzene ring substituents is 1. The number of carbonyl (C=O) groups is 2. The molecule has 1 aliphatic rings. The number of benzene rings is 2. The summed E-state index contributed by atoms with van der Waals surface area (Å²) in [5, 5.41) is 30.1. The molecular formula is C20H19N4O6-. The normalized spacial score (nSPS) is 18.7. The molecule has 2 aromatic carbocycles. The van der Waals surface area contributed by atoms with E-state index in [9.17, 15) is 24.8 Å². The van der Waals surface area contributed by atoms with Crippen molar-refractivity contribution in [2.24, 2.45) is 5.10 Å². The molecule has 30 heavy (non-hydrogen) atoms. The summed E-state index contributed by atoms with van der Waals surface area (Å²) in [4.78, 5) is 35.3. The summed E-state index contributed by atoms with van der Waals surface area (Å²) in [5.41, 5.74) is -0.663. The van der Waals surface area contributed by atoms with E-state index >= 15 is 0 Å². The Morgan fingerprint density at radius 1 is 1.27 bits per heavy atom. The third kappa shape index (κ3) is 4.07. The molecule has 1 atom stereocenters. The minimum atomic E-state index is -1.13. The molecule has 3 rings (SSSR count). The van der Waals surface area contributed by atoms with Gasteiger partial charge in [0.1, 0.15) is 11.3 Å². The van der Waals surface area contributed by atoms with Gasteiger partial charge < -0.3 is 15.2 Å². The average molecular weight is 411 g/mol. The molecule has 0 unspecified atom stereocenters. The number of imide groups is 1. The lowest BCUT2D eigenvalue weighted by atomic mass is 9.93. The number of hydrogen-bond acceptors (Lipinski definition) is 7. The molecule has 1 heterocycles. The van der Waals surface area contributed by atoms with Crippen molar-refractivity contribution in [2.75, 3.05) is 7.11 Å². The van der Waals surface area contributed by atoms with Crippen molar-refractivity contribution < 1.29 is 24.4 Å². The van der Waals surface area contributed by atoms with Crippen LogP contribution in [0.5, 0.6) is 11.5 Å². The van der Waals surface area contributed by atoms with E-state index in [-0.39, 0.29) is 11.3 Å². The largest absolute Gasteiger partial charge is 0.865 e. The van der Waals surface area contributed by atoms with Gasteiger partial charge in [-0.25, -0.2) is 4.79 Å². The summed E-state index contributed by atoms with van der Waals surface area (Å²) in [6, 6.07) is 11.1. The van der Waals surface area contributed by atoms with Crippen LogP contribution in [0.3, 0.4) is 0 Å². The smallest absolute Gasteiger partial charge is 0.346 e. The van der Waals surface area contributed by atoms with E-state index in [1.54, 1.807) is 6.92 Å². The van der Waals surface area contributed by atoms with Crippen LogP contribution in [0, 0.1) is 10.1 Å². The summed E-state index contributed by atoms with van der Waals surface area (Å²) in [6.45, 7) is 1.62. The van der Waals surface area contributed by atoms with Crippen LogP contribution in [0.15, 0.2) is 47.6 Å². The lowest BCUT2D eigenvalue weighted by molar-refractivity contribution is -0.398. The molecule has 0 spiro atoms. The van der Waals surface area contributed by atoms with Crippen molar-refractivity contribution in [1.82, 2.24) is 10.3 Å². The summed E-state index contributed by atoms with van der Waals surface area (Å²) >= 11 is 0. The fraction of sp³-hybridized carbons (Fsp3) is 0.250. The topological polar surface area (TPSA) is 137 Å². The SMILES string of the molecule is COc1cc(/C=N\N2C(=O)N[C@@](C)(CCc3ccccc3)C2=O)cc([N+](=O)[O-])c1[O-]. The van der Waals surface area contributed by atoms with Gasteiger partial charge in [-0.1, -0.05) is 30.3 Å². The number of aryl methyl sites for hydroxylation is 1. The summed E-state index contributed by atoms with van der Waals surface area (Å²) in [5.74, 6) is -1.65. The zero-order chi connectivity index (χ0) is 21.9. The highest BCUT2D eigenvalue weighted by atomic mass is 16.6. The molecule has 10 nitrogen and oxygen atoms in total. The van der Waals surface area contributed by atoms with Crippen molar-refractivity contribution in [3.63, 3.8) is 0 Å². The molecule has 1 fully saturated rings. The minimum absolute atomic E-state index is 0.136. The Labute approximate surface area is 171 Å². The van der Waals surface area contributed by atoms with Crippen LogP contribution in [0.1, 0.15) is 24.5 Å². The van der Waals surface area contributed by atoms with Gasteiger partial charge in [0.25, 0.3) is 11.6 Å². The number of nitrogens with zero attached hydrogens (tertiary/aromatic N) is 3. The number of hydrazone groups is 1. The first-order valence-electron chi connectivity index (χ1n) is 9.03. The molecule has 0 aromatic heterocycles. The van der Waals surface area contributed by atoms with E-state index in [2.05, 4.69) is 10.4 Å². The van der Waals surface area contributed by atoms with Gasteiger partial charge in [-0.2, -0.15) is 5.10 Å². The third-order valence-electron chi connectivity index (χ3n) is 4.79. The summed E-state index contributed by atoms with van der Waals surface area (Å²) in [6.07, 6.45) is 2.04. The van der Waals surface area contributed by atoms with E-state index in [4.69, 9.17) is 4.74 Å². The van der Waals surface area contributed by atoms with Crippen LogP contribution < -0.4 is 15.2 Å². The Morgan fingerprint density at radius 2 is 1.97 bits per heavy atom. The van der Waals surface area contributed by atoms with Crippen molar-refractivity contribution in [3.8, 4) is 11.5 Å². The molecule has 10 heteroatoms. The second-order valence-corrected chi connectivity index (χ2v) is 6.94. The monoisotopic (exact) mass is 411 g/mol. The molecular weight excluding hydrogens is 392 g/mol. The molecule has 0 aliphatic carbocycles. The first-order valence-corrected chi connectivity index (χ1v) is 9.03. The van der Waals surface area contributed by atoms with E-state index in [0.29, 0.717) is 17.9 Å². The van der Waals surface area contributed by atoms with Crippen LogP contribution in [0.4, 0.5) is 10.5 Å². The Balaban J connectivity index is 1.79. The number of methoxy groups -OCH3 is 1. The summed E-state index contributed by atoms with van der Waals surface area (Å²) < 4.78 is 4.86. The highest BCUT2D eigenvalue weighted by Gasteiger charge is 2.47. The molecule has 3 amide bonds. The molecule has 0 saturated carbocycles. The van der Waals surface area contributed by atoms with Gasteiger partial charge in [0, 0.05) is 17.4 Å². The number of ether oxygens (including phenoxy) is 1. The van der Waals surface area contributed by atoms with Gasteiger partial charge in [0.2, 0.25) is 0 Å². The van der Waals surface area contributed by atoms with Gasteiger partial charge in [0.15, 0.2) is 0 Å². The Kier molecular flexibility index (Phi) is 5.67. The van der Waals surface area contributed by atoms with E-state index in [1.165, 1.54) is 13.2 Å². The maximum atomic E-state index is 12.8. The maximum Gasteiger partial charge on any atom is 0.346 e. The second kappa shape index (κ2) is 8.19. The minimum Gasteiger partial charge on any atom is -0.865 e. The predicted molar refractivity (Wildman–Crippen MR) is 105 cm³/mol. The standard InChI is InChI=1S/C20H20N4O6/c1-20(9-8-13-6-4-3-5-7-13)18(26)23(19(27)22-20)21-12-14-10-15(24(28)29)17(25)16(11-14)30-2/h3-7,10-12,25H,8-9H2,1-2H3,(H,22,27)/p-1/b21-12-/t20-/m0/s1. The fourth-order valence-corrected chi connectivity index (χ4v) is 3.08. The van der Waals surface area contributed by atoms with Crippen molar-refractivity contribution in [3.05, 3.63) is 63.7 Å². The fourth-order valence-electron chi connectivity index (χ4n) is 3.08. The van der Waals surface area contributed by atoms with Crippen LogP contribution in [-0.2, 0) is 11.2 Å². The highest BCUT2D eigenvalue weighted by molar-refractivity contribution is 6.07. The maximum absolute atomic E-state index is 12.8. The van der Waals surface area contributed by atoms with E-state index in [1.807, 2.05) is 30.3 Å². The second-order valence-electron chi connectivity index (χ2n) is 6.94. The quantitative estimate of drug-likeness (QED) is 0.320. The number of rotatable bonds is 7. The Bertz CT molecular complexity index is 1020. The van der Waals surface area contributed by atoms with Gasteiger partial charge in [-0.3, -0.25) is 14.9 Å². The Morgan fingerprint density at radius 3 is 2.60 bits per heavy atom. The molecule has 0 radical (unpaired) electrons. The van der Waals surface area contributed by atoms with Gasteiger partial charge >= 0.3 is 6.03 Å². The van der Waals surface area contributed by atoms with Crippen LogP contribution in [-0.4, -0.2) is 40.7 Å². The number of nitro groups is 1. The van der Waals surface area contributed by atoms with Crippen LogP contribution >= 0.6 is 0 Å². The van der Waals surface area contributed by atoms with Crippen molar-refractivity contribution >= 4 is 23.8 Å². The zero-order valence-electron chi connectivity index (χ0n) is 16.3. The molecule has 1 saturated heterocycles. The van der Waals surface area contributed by atoms with Gasteiger partial charge in [-0.15, -0.1) is 5.01 Å². The molecule has 0 bridgehead atoms. The highest BCUT2D eigenvalue weighted by Crippen LogP contribution is 2.34. The average Bonchev–Trinajstić information content (AvgIpc) is 2.94. The van der Waals surface area contributed by atoms with Crippen LogP contribution in [0.25, 0.3) is 0 Å². The molecule has 156 valence electrons. The zero-order valence-corrected chi connectivity index (χ0v) is 16.3. The molecule has 1 N–H and O–H groups in total. The lowest BCUT2D eigenvalue weighted by Crippen LogP contribution is -2.44. The number of amides is 3. The Hall–Kier alpha value is -3.95. The molecule has 2 aromatic rings. The van der Waals surface area contributed by atoms with E-state index < -0.39 is 33.8 Å². The summed E-state index contributed by atoms with van der Waals surface area (Å²) in [7, 11) is 1.21. The van der Waals surface area contributed by atoms with Gasteiger partial charge in [0.05, 0.1) is 18.2 Å². The van der Waals surface area contributed by atoms with Crippen molar-refractivity contribution in [1.29, 1.82) is 0 Å². The lowest BCUT2D eigenvalue weighted by Gasteiger charge is -2.20. The molecule has 1 aliphatic heterocycles. The van der Waals surface area contributed by atoms with Gasteiger partial charge in [-0.05, 0) is 31.4 Å². The third-order valence-corrected chi connectivity index (χ3v) is 4.79. The number of hydrogen-bond donors (Lipinski definition) is 1. The van der Waals surface area contributed by atoms with Crippen molar-refractivity contribution in [2.45, 2.75) is 25.3 Å². The first-order chi connectivity index (χ1) is 14.2. The first kappa shape index (κ1) is 20.8. The van der Waals surface area contributed by atoms with E-state index in [0.717, 1.165) is 17.8 Å². The number of urea groups is 1. The predicted octanol–water partition coefficient (Wildman–Crippen LogP) is 1.95. The number of nitrogens with one attached hydrogen (secondary N) is 1. The number of carbonyl (C=O) groups excluding carboxylic acids is 2. The van der Waals surface area contributed by atoms with Crippen LogP contribution in [0.2, 0.25) is 0 Å².